The number of rotatable bonds is 7. The van der Waals surface area contributed by atoms with Gasteiger partial charge in [-0.3, -0.25) is 9.69 Å². The number of carbonyl (C=O) groups excluding carboxylic acids is 1. The van der Waals surface area contributed by atoms with Crippen molar-refractivity contribution in [2.75, 3.05) is 13.2 Å². The van der Waals surface area contributed by atoms with Gasteiger partial charge in [0.05, 0.1) is 11.5 Å². The number of hydrogen-bond donors (Lipinski definition) is 0. The first kappa shape index (κ1) is 22.8. The molecule has 7 heteroatoms. The van der Waals surface area contributed by atoms with Crippen LogP contribution in [0.5, 0.6) is 11.5 Å². The van der Waals surface area contributed by atoms with Crippen LogP contribution in [0.2, 0.25) is 0 Å². The minimum Gasteiger partial charge on any atom is -0.490 e. The lowest BCUT2D eigenvalue weighted by atomic mass is 10.1. The van der Waals surface area contributed by atoms with Crippen molar-refractivity contribution in [2.24, 2.45) is 0 Å². The summed E-state index contributed by atoms with van der Waals surface area (Å²) in [7, 11) is 0. The quantitative estimate of drug-likeness (QED) is 0.249. The van der Waals surface area contributed by atoms with E-state index >= 15 is 0 Å². The van der Waals surface area contributed by atoms with E-state index in [1.807, 2.05) is 50.3 Å². The second-order valence-electron chi connectivity index (χ2n) is 7.11. The summed E-state index contributed by atoms with van der Waals surface area (Å²) in [4.78, 5) is 14.8. The molecule has 3 aromatic rings. The van der Waals surface area contributed by atoms with Crippen LogP contribution in [-0.4, -0.2) is 28.3 Å². The van der Waals surface area contributed by atoms with Gasteiger partial charge in [-0.05, 0) is 54.0 Å². The van der Waals surface area contributed by atoms with Gasteiger partial charge in [0.15, 0.2) is 11.5 Å². The van der Waals surface area contributed by atoms with Gasteiger partial charge in [-0.2, -0.15) is 0 Å². The average Bonchev–Trinajstić information content (AvgIpc) is 3.06. The predicted octanol–water partition coefficient (Wildman–Crippen LogP) is 6.80. The highest BCUT2D eigenvalue weighted by Gasteiger charge is 2.30. The van der Waals surface area contributed by atoms with Crippen LogP contribution in [0.4, 0.5) is 0 Å². The summed E-state index contributed by atoms with van der Waals surface area (Å²) >= 11 is 10.3. The van der Waals surface area contributed by atoms with Crippen LogP contribution in [0.25, 0.3) is 16.8 Å². The maximum atomic E-state index is 12.6. The first-order chi connectivity index (χ1) is 15.5. The molecule has 1 fully saturated rings. The van der Waals surface area contributed by atoms with E-state index in [4.69, 9.17) is 21.7 Å². The number of thioether (sulfide) groups is 1. The molecule has 3 aromatic carbocycles. The summed E-state index contributed by atoms with van der Waals surface area (Å²) in [6.07, 6.45) is 1.84. The Morgan fingerprint density at radius 2 is 1.81 bits per heavy atom. The van der Waals surface area contributed by atoms with Gasteiger partial charge in [-0.25, -0.2) is 0 Å². The molecule has 0 N–H and O–H groups in total. The zero-order valence-electron chi connectivity index (χ0n) is 17.8. The number of ether oxygens (including phenoxy) is 2. The second-order valence-corrected chi connectivity index (χ2v) is 9.64. The number of halogens is 1. The van der Waals surface area contributed by atoms with Gasteiger partial charge < -0.3 is 9.47 Å². The molecule has 164 valence electrons. The maximum absolute atomic E-state index is 12.6. The molecule has 0 saturated carbocycles. The molecule has 0 aromatic heterocycles. The number of amides is 1. The molecule has 1 aliphatic rings. The molecule has 32 heavy (non-hydrogen) atoms. The third-order valence-electron chi connectivity index (χ3n) is 5.10. The standard InChI is InChI=1S/C25H22BrNO3S2/c1-3-27-24(28)23(32-25(27)31)13-18-12-21(29-4-2)22(14-20(18)26)30-15-17-10-7-9-16-8-5-6-11-19(16)17/h5-14H,3-4,15H2,1-2H3/b23-13-. The number of benzene rings is 3. The second kappa shape index (κ2) is 10.1. The van der Waals surface area contributed by atoms with Crippen molar-refractivity contribution in [3.05, 3.63) is 75.1 Å². The average molecular weight is 528 g/mol. The van der Waals surface area contributed by atoms with Crippen molar-refractivity contribution < 1.29 is 14.3 Å². The molecule has 4 nitrogen and oxygen atoms in total. The maximum Gasteiger partial charge on any atom is 0.266 e. The minimum absolute atomic E-state index is 0.0661. The normalized spacial score (nSPS) is 15.1. The third kappa shape index (κ3) is 4.70. The van der Waals surface area contributed by atoms with Crippen LogP contribution in [0.1, 0.15) is 25.0 Å². The molecule has 1 aliphatic heterocycles. The Kier molecular flexibility index (Phi) is 7.18. The molecule has 0 unspecified atom stereocenters. The number of likely N-dealkylation sites (N-methyl/N-ethyl adjacent to an activating group) is 1. The minimum atomic E-state index is -0.0661. The van der Waals surface area contributed by atoms with Crippen LogP contribution >= 0.6 is 39.9 Å². The molecule has 0 aliphatic carbocycles. The highest BCUT2D eigenvalue weighted by atomic mass is 79.9. The summed E-state index contributed by atoms with van der Waals surface area (Å²) in [6.45, 7) is 5.34. The van der Waals surface area contributed by atoms with Gasteiger partial charge >= 0.3 is 0 Å². The lowest BCUT2D eigenvalue weighted by Crippen LogP contribution is -2.27. The zero-order chi connectivity index (χ0) is 22.7. The summed E-state index contributed by atoms with van der Waals surface area (Å²) in [5, 5.41) is 2.35. The molecule has 1 saturated heterocycles. The summed E-state index contributed by atoms with van der Waals surface area (Å²) in [5.41, 5.74) is 1.94. The van der Waals surface area contributed by atoms with Gasteiger partial charge in [-0.1, -0.05) is 82.4 Å². The van der Waals surface area contributed by atoms with Crippen LogP contribution < -0.4 is 9.47 Å². The largest absolute Gasteiger partial charge is 0.490 e. The Bertz CT molecular complexity index is 1220. The molecule has 0 spiro atoms. The lowest BCUT2D eigenvalue weighted by molar-refractivity contribution is -0.121. The molecule has 4 rings (SSSR count). The lowest BCUT2D eigenvalue weighted by Gasteiger charge is -2.15. The fraction of sp³-hybridized carbons (Fsp3) is 0.200. The fourth-order valence-corrected chi connectivity index (χ4v) is 5.34. The van der Waals surface area contributed by atoms with Crippen LogP contribution in [0, 0.1) is 0 Å². The van der Waals surface area contributed by atoms with E-state index in [0.717, 1.165) is 15.6 Å². The van der Waals surface area contributed by atoms with Crippen molar-refractivity contribution in [3.63, 3.8) is 0 Å². The van der Waals surface area contributed by atoms with Crippen LogP contribution in [0.15, 0.2) is 64.0 Å². The van der Waals surface area contributed by atoms with Gasteiger partial charge in [0, 0.05) is 11.0 Å². The monoisotopic (exact) mass is 527 g/mol. The van der Waals surface area contributed by atoms with Crippen molar-refractivity contribution in [1.82, 2.24) is 4.90 Å². The highest BCUT2D eigenvalue weighted by molar-refractivity contribution is 9.10. The molecule has 1 heterocycles. The zero-order valence-corrected chi connectivity index (χ0v) is 21.0. The van der Waals surface area contributed by atoms with Gasteiger partial charge in [-0.15, -0.1) is 0 Å². The molecular formula is C25H22BrNO3S2. The van der Waals surface area contributed by atoms with Crippen molar-refractivity contribution in [1.29, 1.82) is 0 Å². The number of carbonyl (C=O) groups is 1. The van der Waals surface area contributed by atoms with Crippen molar-refractivity contribution in [2.45, 2.75) is 20.5 Å². The van der Waals surface area contributed by atoms with Crippen molar-refractivity contribution in [3.8, 4) is 11.5 Å². The molecule has 1 amide bonds. The number of nitrogens with zero attached hydrogens (tertiary/aromatic N) is 1. The molecule has 0 atom stereocenters. The molecular weight excluding hydrogens is 506 g/mol. The van der Waals surface area contributed by atoms with E-state index in [2.05, 4.69) is 40.2 Å². The summed E-state index contributed by atoms with van der Waals surface area (Å²) < 4.78 is 13.4. The Balaban J connectivity index is 1.62. The molecule has 0 radical (unpaired) electrons. The Morgan fingerprint density at radius 3 is 2.56 bits per heavy atom. The topological polar surface area (TPSA) is 38.8 Å². The van der Waals surface area contributed by atoms with Gasteiger partial charge in [0.1, 0.15) is 10.9 Å². The molecule has 0 bridgehead atoms. The highest BCUT2D eigenvalue weighted by Crippen LogP contribution is 2.38. The van der Waals surface area contributed by atoms with Crippen LogP contribution in [-0.2, 0) is 11.4 Å². The Labute approximate surface area is 205 Å². The van der Waals surface area contributed by atoms with Gasteiger partial charge in [0.25, 0.3) is 5.91 Å². The Hall–Kier alpha value is -2.35. The number of fused-ring (bicyclic) bond motifs is 1. The van der Waals surface area contributed by atoms with Crippen LogP contribution in [0.3, 0.4) is 0 Å². The van der Waals surface area contributed by atoms with E-state index in [9.17, 15) is 4.79 Å². The van der Waals surface area contributed by atoms with E-state index in [0.29, 0.717) is 40.5 Å². The summed E-state index contributed by atoms with van der Waals surface area (Å²) in [5.74, 6) is 1.21. The van der Waals surface area contributed by atoms with Crippen molar-refractivity contribution >= 4 is 67.0 Å². The van der Waals surface area contributed by atoms with Gasteiger partial charge in [0.2, 0.25) is 0 Å². The third-order valence-corrected chi connectivity index (χ3v) is 7.17. The summed E-state index contributed by atoms with van der Waals surface area (Å²) in [6, 6.07) is 18.2. The first-order valence-electron chi connectivity index (χ1n) is 10.3. The SMILES string of the molecule is CCOc1cc(/C=C2\SC(=S)N(CC)C2=O)c(Br)cc1OCc1cccc2ccccc12. The van der Waals surface area contributed by atoms with E-state index in [1.165, 1.54) is 22.5 Å². The fourth-order valence-electron chi connectivity index (χ4n) is 3.53. The number of hydrogen-bond acceptors (Lipinski definition) is 5. The van der Waals surface area contributed by atoms with E-state index in [-0.39, 0.29) is 5.91 Å². The van der Waals surface area contributed by atoms with E-state index in [1.54, 1.807) is 4.90 Å². The van der Waals surface area contributed by atoms with E-state index < -0.39 is 0 Å². The predicted molar refractivity (Wildman–Crippen MR) is 139 cm³/mol. The Morgan fingerprint density at radius 1 is 1.06 bits per heavy atom. The smallest absolute Gasteiger partial charge is 0.266 e. The first-order valence-corrected chi connectivity index (χ1v) is 12.3. The number of thiocarbonyl (C=S) groups is 1.